The van der Waals surface area contributed by atoms with E-state index < -0.39 is 0 Å². The lowest BCUT2D eigenvalue weighted by Gasteiger charge is -2.16. The summed E-state index contributed by atoms with van der Waals surface area (Å²) in [6.07, 6.45) is 0.852. The van der Waals surface area contributed by atoms with Crippen molar-refractivity contribution >= 4 is 11.9 Å². The van der Waals surface area contributed by atoms with Crippen LogP contribution in [0.15, 0.2) is 30.3 Å². The number of amides is 3. The number of hydrogen-bond donors (Lipinski definition) is 3. The monoisotopic (exact) mass is 398 g/mol. The Morgan fingerprint density at radius 3 is 2.69 bits per heavy atom. The summed E-state index contributed by atoms with van der Waals surface area (Å²) in [6.45, 7) is 7.03. The molecular formula is C21H30N6O2. The van der Waals surface area contributed by atoms with Gasteiger partial charge >= 0.3 is 6.03 Å². The number of nitrogens with one attached hydrogen (secondary N) is 3. The first-order valence-electron chi connectivity index (χ1n) is 10.0. The first kappa shape index (κ1) is 20.9. The topological polar surface area (TPSA) is 91.3 Å². The molecule has 1 fully saturated rings. The molecule has 2 aromatic rings. The van der Waals surface area contributed by atoms with Gasteiger partial charge in [0.05, 0.1) is 18.8 Å². The van der Waals surface area contributed by atoms with Crippen LogP contribution in [0.4, 0.5) is 4.79 Å². The number of carbonyl (C=O) groups is 2. The smallest absolute Gasteiger partial charge is 0.314 e. The zero-order valence-electron chi connectivity index (χ0n) is 17.4. The first-order chi connectivity index (χ1) is 14.0. The quantitative estimate of drug-likeness (QED) is 0.653. The molecule has 3 rings (SSSR count). The lowest BCUT2D eigenvalue weighted by atomic mass is 10.2. The molecule has 3 amide bonds. The average Bonchev–Trinajstić information content (AvgIpc) is 3.24. The van der Waals surface area contributed by atoms with Crippen LogP contribution in [0.2, 0.25) is 0 Å². The van der Waals surface area contributed by atoms with Crippen molar-refractivity contribution in [3.05, 3.63) is 52.8 Å². The molecule has 2 heterocycles. The largest absolute Gasteiger partial charge is 0.351 e. The summed E-state index contributed by atoms with van der Waals surface area (Å²) in [5, 5.41) is 13.1. The van der Waals surface area contributed by atoms with Crippen LogP contribution in [0, 0.1) is 13.8 Å². The predicted molar refractivity (Wildman–Crippen MR) is 112 cm³/mol. The van der Waals surface area contributed by atoms with E-state index in [2.05, 4.69) is 38.1 Å². The van der Waals surface area contributed by atoms with E-state index in [9.17, 15) is 9.59 Å². The molecule has 8 heteroatoms. The van der Waals surface area contributed by atoms with E-state index in [1.807, 2.05) is 36.7 Å². The van der Waals surface area contributed by atoms with Crippen molar-refractivity contribution in [3.63, 3.8) is 0 Å². The van der Waals surface area contributed by atoms with Crippen LogP contribution in [-0.2, 0) is 17.9 Å². The number of carbonyl (C=O) groups excluding carboxylic acids is 2. The Bertz CT molecular complexity index is 848. The molecule has 1 aromatic carbocycles. The van der Waals surface area contributed by atoms with E-state index in [-0.39, 0.29) is 18.0 Å². The summed E-state index contributed by atoms with van der Waals surface area (Å²) in [5.74, 6) is -0.0137. The van der Waals surface area contributed by atoms with E-state index in [0.29, 0.717) is 19.6 Å². The fourth-order valence-corrected chi connectivity index (χ4v) is 3.70. The molecule has 29 heavy (non-hydrogen) atoms. The van der Waals surface area contributed by atoms with Gasteiger partial charge in [0.15, 0.2) is 0 Å². The minimum absolute atomic E-state index is 0.0137. The highest BCUT2D eigenvalue weighted by molar-refractivity contribution is 5.78. The SMILES string of the molecule is CNC(=O)NC1CCN(CC(=O)NCc2c(C)nn(Cc3ccccc3)c2C)C1. The molecule has 1 saturated heterocycles. The van der Waals surface area contributed by atoms with E-state index in [0.717, 1.165) is 36.5 Å². The summed E-state index contributed by atoms with van der Waals surface area (Å²) in [6, 6.07) is 10.1. The zero-order valence-corrected chi connectivity index (χ0v) is 17.4. The van der Waals surface area contributed by atoms with Gasteiger partial charge in [-0.1, -0.05) is 30.3 Å². The van der Waals surface area contributed by atoms with Crippen molar-refractivity contribution in [3.8, 4) is 0 Å². The maximum atomic E-state index is 12.4. The van der Waals surface area contributed by atoms with Crippen LogP contribution in [0.1, 0.15) is 28.9 Å². The van der Waals surface area contributed by atoms with Crippen LogP contribution in [0.5, 0.6) is 0 Å². The molecule has 1 aromatic heterocycles. The van der Waals surface area contributed by atoms with Gasteiger partial charge in [-0.2, -0.15) is 5.10 Å². The molecule has 0 spiro atoms. The predicted octanol–water partition coefficient (Wildman–Crippen LogP) is 1.17. The Morgan fingerprint density at radius 2 is 1.97 bits per heavy atom. The minimum atomic E-state index is -0.181. The van der Waals surface area contributed by atoms with Crippen LogP contribution in [-0.4, -0.2) is 59.3 Å². The molecule has 1 unspecified atom stereocenters. The molecule has 0 saturated carbocycles. The van der Waals surface area contributed by atoms with Gasteiger partial charge in [-0.15, -0.1) is 0 Å². The number of hydrogen-bond acceptors (Lipinski definition) is 4. The molecule has 156 valence electrons. The number of benzene rings is 1. The number of urea groups is 1. The Labute approximate surface area is 171 Å². The number of aromatic nitrogens is 2. The van der Waals surface area contributed by atoms with Gasteiger partial charge in [0.25, 0.3) is 0 Å². The van der Waals surface area contributed by atoms with Gasteiger partial charge in [0.1, 0.15) is 0 Å². The van der Waals surface area contributed by atoms with Crippen molar-refractivity contribution in [1.82, 2.24) is 30.6 Å². The highest BCUT2D eigenvalue weighted by atomic mass is 16.2. The van der Waals surface area contributed by atoms with Gasteiger partial charge in [0.2, 0.25) is 5.91 Å². The maximum absolute atomic E-state index is 12.4. The summed E-state index contributed by atoms with van der Waals surface area (Å²) in [4.78, 5) is 25.9. The second-order valence-corrected chi connectivity index (χ2v) is 7.51. The molecular weight excluding hydrogens is 368 g/mol. The Balaban J connectivity index is 1.50. The number of aryl methyl sites for hydroxylation is 1. The second kappa shape index (κ2) is 9.56. The Hall–Kier alpha value is -2.87. The van der Waals surface area contributed by atoms with Gasteiger partial charge in [-0.3, -0.25) is 14.4 Å². The molecule has 1 aliphatic heterocycles. The van der Waals surface area contributed by atoms with Crippen LogP contribution >= 0.6 is 0 Å². The van der Waals surface area contributed by atoms with Gasteiger partial charge in [-0.05, 0) is 25.8 Å². The highest BCUT2D eigenvalue weighted by Crippen LogP contribution is 2.15. The molecule has 0 bridgehead atoms. The third-order valence-electron chi connectivity index (χ3n) is 5.37. The van der Waals surface area contributed by atoms with Crippen molar-refractivity contribution in [2.75, 3.05) is 26.7 Å². The number of nitrogens with zero attached hydrogens (tertiary/aromatic N) is 3. The maximum Gasteiger partial charge on any atom is 0.314 e. The molecule has 0 aliphatic carbocycles. The molecule has 0 radical (unpaired) electrons. The molecule has 1 atom stereocenters. The second-order valence-electron chi connectivity index (χ2n) is 7.51. The van der Waals surface area contributed by atoms with E-state index in [1.54, 1.807) is 7.05 Å². The van der Waals surface area contributed by atoms with Crippen molar-refractivity contribution in [1.29, 1.82) is 0 Å². The summed E-state index contributed by atoms with van der Waals surface area (Å²) in [5.41, 5.74) is 4.27. The molecule has 8 nitrogen and oxygen atoms in total. The zero-order chi connectivity index (χ0) is 20.8. The fraction of sp³-hybridized carbons (Fsp3) is 0.476. The van der Waals surface area contributed by atoms with Gasteiger partial charge in [0, 0.05) is 44.0 Å². The van der Waals surface area contributed by atoms with Gasteiger partial charge in [-0.25, -0.2) is 4.79 Å². The average molecular weight is 399 g/mol. The van der Waals surface area contributed by atoms with Crippen LogP contribution < -0.4 is 16.0 Å². The normalized spacial score (nSPS) is 16.6. The standard InChI is InChI=1S/C21H30N6O2/c1-15-19(16(2)27(25-15)12-17-7-5-4-6-8-17)11-23-20(28)14-26-10-9-18(13-26)24-21(29)22-3/h4-8,18H,9-14H2,1-3H3,(H,23,28)(H2,22,24,29). The lowest BCUT2D eigenvalue weighted by Crippen LogP contribution is -2.43. The van der Waals surface area contributed by atoms with Crippen molar-refractivity contribution < 1.29 is 9.59 Å². The third kappa shape index (κ3) is 5.57. The highest BCUT2D eigenvalue weighted by Gasteiger charge is 2.25. The number of likely N-dealkylation sites (tertiary alicyclic amines) is 1. The number of rotatable bonds is 7. The van der Waals surface area contributed by atoms with Crippen molar-refractivity contribution in [2.45, 2.75) is 39.4 Å². The third-order valence-corrected chi connectivity index (χ3v) is 5.37. The van der Waals surface area contributed by atoms with Crippen LogP contribution in [0.25, 0.3) is 0 Å². The van der Waals surface area contributed by atoms with Crippen molar-refractivity contribution in [2.24, 2.45) is 0 Å². The first-order valence-corrected chi connectivity index (χ1v) is 10.0. The molecule has 3 N–H and O–H groups in total. The van der Waals surface area contributed by atoms with E-state index in [4.69, 9.17) is 0 Å². The summed E-state index contributed by atoms with van der Waals surface area (Å²) in [7, 11) is 1.60. The van der Waals surface area contributed by atoms with Gasteiger partial charge < -0.3 is 16.0 Å². The van der Waals surface area contributed by atoms with Crippen LogP contribution in [0.3, 0.4) is 0 Å². The van der Waals surface area contributed by atoms with E-state index in [1.165, 1.54) is 5.56 Å². The summed E-state index contributed by atoms with van der Waals surface area (Å²) < 4.78 is 1.99. The lowest BCUT2D eigenvalue weighted by molar-refractivity contribution is -0.122. The fourth-order valence-electron chi connectivity index (χ4n) is 3.70. The minimum Gasteiger partial charge on any atom is -0.351 e. The Morgan fingerprint density at radius 1 is 1.21 bits per heavy atom. The van der Waals surface area contributed by atoms with E-state index >= 15 is 0 Å². The summed E-state index contributed by atoms with van der Waals surface area (Å²) >= 11 is 0. The molecule has 1 aliphatic rings. The Kier molecular flexibility index (Phi) is 6.87.